The minimum atomic E-state index is 0.0928. The molecule has 5 nitrogen and oxygen atoms in total. The van der Waals surface area contributed by atoms with E-state index in [-0.39, 0.29) is 5.91 Å². The summed E-state index contributed by atoms with van der Waals surface area (Å²) in [5.41, 5.74) is 4.22. The third kappa shape index (κ3) is 3.50. The number of aromatic amines is 2. The Morgan fingerprint density at radius 2 is 1.92 bits per heavy atom. The molecule has 1 aromatic carbocycles. The molecule has 0 bridgehead atoms. The predicted octanol–water partition coefficient (Wildman–Crippen LogP) is 3.35. The zero-order valence-electron chi connectivity index (χ0n) is 14.1. The average Bonchev–Trinajstić information content (AvgIpc) is 3.34. The first-order valence-electron chi connectivity index (χ1n) is 8.80. The molecule has 128 valence electrons. The first kappa shape index (κ1) is 15.7. The van der Waals surface area contributed by atoms with Crippen LogP contribution in [0, 0.1) is 0 Å². The minimum Gasteiger partial charge on any atom is -0.357 e. The lowest BCUT2D eigenvalue weighted by atomic mass is 9.93. The number of aromatic nitrogens is 3. The summed E-state index contributed by atoms with van der Waals surface area (Å²) >= 11 is 0. The van der Waals surface area contributed by atoms with Gasteiger partial charge < -0.3 is 9.88 Å². The monoisotopic (exact) mass is 334 g/mol. The van der Waals surface area contributed by atoms with E-state index in [1.54, 1.807) is 6.20 Å². The van der Waals surface area contributed by atoms with Crippen LogP contribution < -0.4 is 0 Å². The Hall–Kier alpha value is -2.82. The number of piperidine rings is 1. The number of H-pyrrole nitrogens is 2. The van der Waals surface area contributed by atoms with E-state index in [4.69, 9.17) is 0 Å². The molecule has 2 N–H and O–H groups in total. The van der Waals surface area contributed by atoms with Gasteiger partial charge in [0.2, 0.25) is 0 Å². The molecule has 5 heteroatoms. The van der Waals surface area contributed by atoms with Gasteiger partial charge in [0.05, 0.1) is 5.69 Å². The Balaban J connectivity index is 1.36. The molecule has 0 saturated carbocycles. The lowest BCUT2D eigenvalue weighted by Gasteiger charge is -2.31. The molecule has 3 heterocycles. The summed E-state index contributed by atoms with van der Waals surface area (Å²) in [7, 11) is 0. The van der Waals surface area contributed by atoms with E-state index < -0.39 is 0 Å². The summed E-state index contributed by atoms with van der Waals surface area (Å²) < 4.78 is 0. The molecule has 0 unspecified atom stereocenters. The number of nitrogens with zero attached hydrogens (tertiary/aromatic N) is 2. The molecule has 0 spiro atoms. The number of carbonyl (C=O) groups excluding carboxylic acids is 1. The van der Waals surface area contributed by atoms with Crippen LogP contribution in [0.3, 0.4) is 0 Å². The molecule has 0 aliphatic carbocycles. The highest BCUT2D eigenvalue weighted by molar-refractivity contribution is 5.92. The zero-order chi connectivity index (χ0) is 17.1. The third-order valence-electron chi connectivity index (χ3n) is 4.92. The number of amides is 1. The molecule has 0 atom stereocenters. The normalized spacial score (nSPS) is 15.4. The number of rotatable bonds is 4. The van der Waals surface area contributed by atoms with Crippen molar-refractivity contribution < 1.29 is 4.79 Å². The Kier molecular flexibility index (Phi) is 4.37. The first-order chi connectivity index (χ1) is 12.3. The zero-order valence-corrected chi connectivity index (χ0v) is 14.1. The van der Waals surface area contributed by atoms with Gasteiger partial charge in [-0.15, -0.1) is 0 Å². The van der Waals surface area contributed by atoms with Crippen molar-refractivity contribution in [3.8, 4) is 0 Å². The highest BCUT2D eigenvalue weighted by Crippen LogP contribution is 2.28. The van der Waals surface area contributed by atoms with Gasteiger partial charge >= 0.3 is 0 Å². The molecular weight excluding hydrogens is 312 g/mol. The fourth-order valence-corrected chi connectivity index (χ4v) is 3.51. The highest BCUT2D eigenvalue weighted by atomic mass is 16.2. The SMILES string of the molecule is O=C(c1ccc[nH]1)N1CCC(c2cc(Cc3ccccc3)[nH]n2)CC1. The van der Waals surface area contributed by atoms with Crippen LogP contribution >= 0.6 is 0 Å². The van der Waals surface area contributed by atoms with Crippen molar-refractivity contribution in [1.29, 1.82) is 0 Å². The second kappa shape index (κ2) is 6.97. The van der Waals surface area contributed by atoms with Crippen molar-refractivity contribution in [1.82, 2.24) is 20.1 Å². The Morgan fingerprint density at radius 3 is 2.64 bits per heavy atom. The van der Waals surface area contributed by atoms with E-state index in [0.717, 1.165) is 43.7 Å². The average molecular weight is 334 g/mol. The fraction of sp³-hybridized carbons (Fsp3) is 0.300. The van der Waals surface area contributed by atoms with Gasteiger partial charge in [-0.1, -0.05) is 30.3 Å². The van der Waals surface area contributed by atoms with Gasteiger partial charge in [-0.25, -0.2) is 0 Å². The van der Waals surface area contributed by atoms with Crippen LogP contribution in [0.5, 0.6) is 0 Å². The van der Waals surface area contributed by atoms with E-state index in [0.29, 0.717) is 11.6 Å². The predicted molar refractivity (Wildman–Crippen MR) is 96.5 cm³/mol. The van der Waals surface area contributed by atoms with E-state index in [2.05, 4.69) is 45.5 Å². The van der Waals surface area contributed by atoms with Crippen molar-refractivity contribution in [3.05, 3.63) is 77.4 Å². The molecule has 4 rings (SSSR count). The quantitative estimate of drug-likeness (QED) is 0.768. The van der Waals surface area contributed by atoms with Crippen LogP contribution in [0.2, 0.25) is 0 Å². The molecular formula is C20H22N4O. The van der Waals surface area contributed by atoms with E-state index in [9.17, 15) is 4.79 Å². The van der Waals surface area contributed by atoms with Gasteiger partial charge in [0.25, 0.3) is 5.91 Å². The van der Waals surface area contributed by atoms with Crippen molar-refractivity contribution in [2.45, 2.75) is 25.2 Å². The number of hydrogen-bond acceptors (Lipinski definition) is 2. The molecule has 1 aliphatic rings. The largest absolute Gasteiger partial charge is 0.357 e. The molecule has 3 aromatic rings. The van der Waals surface area contributed by atoms with Crippen LogP contribution in [0.25, 0.3) is 0 Å². The van der Waals surface area contributed by atoms with Gasteiger partial charge in [-0.2, -0.15) is 5.10 Å². The van der Waals surface area contributed by atoms with E-state index in [1.807, 2.05) is 23.1 Å². The molecule has 1 fully saturated rings. The lowest BCUT2D eigenvalue weighted by molar-refractivity contribution is 0.0707. The maximum absolute atomic E-state index is 12.4. The highest BCUT2D eigenvalue weighted by Gasteiger charge is 2.26. The van der Waals surface area contributed by atoms with Gasteiger partial charge in [-0.05, 0) is 36.6 Å². The maximum atomic E-state index is 12.4. The van der Waals surface area contributed by atoms with Gasteiger partial charge in [-0.3, -0.25) is 9.89 Å². The topological polar surface area (TPSA) is 64.8 Å². The summed E-state index contributed by atoms with van der Waals surface area (Å²) in [6.45, 7) is 1.56. The fourth-order valence-electron chi connectivity index (χ4n) is 3.51. The van der Waals surface area contributed by atoms with Crippen LogP contribution in [0.15, 0.2) is 54.7 Å². The van der Waals surface area contributed by atoms with Crippen LogP contribution in [0.1, 0.15) is 46.2 Å². The van der Waals surface area contributed by atoms with Crippen molar-refractivity contribution in [2.24, 2.45) is 0 Å². The summed E-state index contributed by atoms with van der Waals surface area (Å²) in [5.74, 6) is 0.517. The minimum absolute atomic E-state index is 0.0928. The van der Waals surface area contributed by atoms with Crippen LogP contribution in [-0.4, -0.2) is 39.1 Å². The lowest BCUT2D eigenvalue weighted by Crippen LogP contribution is -2.38. The number of likely N-dealkylation sites (tertiary alicyclic amines) is 1. The summed E-state index contributed by atoms with van der Waals surface area (Å²) in [6, 6.07) is 16.3. The standard InChI is InChI=1S/C20H22N4O/c25-20(18-7-4-10-21-18)24-11-8-16(9-12-24)19-14-17(22-23-19)13-15-5-2-1-3-6-15/h1-7,10,14,16,21H,8-9,11-13H2,(H,22,23). The first-order valence-corrected chi connectivity index (χ1v) is 8.80. The van der Waals surface area contributed by atoms with Crippen molar-refractivity contribution >= 4 is 5.91 Å². The van der Waals surface area contributed by atoms with E-state index >= 15 is 0 Å². The molecule has 0 radical (unpaired) electrons. The number of hydrogen-bond donors (Lipinski definition) is 2. The van der Waals surface area contributed by atoms with Crippen molar-refractivity contribution in [3.63, 3.8) is 0 Å². The number of nitrogens with one attached hydrogen (secondary N) is 2. The number of benzene rings is 1. The van der Waals surface area contributed by atoms with Crippen LogP contribution in [0.4, 0.5) is 0 Å². The van der Waals surface area contributed by atoms with Gasteiger partial charge in [0.15, 0.2) is 0 Å². The summed E-state index contributed by atoms with van der Waals surface area (Å²) in [6.07, 6.45) is 4.58. The van der Waals surface area contributed by atoms with Gasteiger partial charge in [0.1, 0.15) is 5.69 Å². The Bertz CT molecular complexity index is 815. The number of carbonyl (C=O) groups is 1. The molecule has 25 heavy (non-hydrogen) atoms. The summed E-state index contributed by atoms with van der Waals surface area (Å²) in [5, 5.41) is 7.69. The third-order valence-corrected chi connectivity index (χ3v) is 4.92. The van der Waals surface area contributed by atoms with Gasteiger partial charge in [0, 0.05) is 37.3 Å². The molecule has 1 saturated heterocycles. The Morgan fingerprint density at radius 1 is 1.12 bits per heavy atom. The second-order valence-corrected chi connectivity index (χ2v) is 6.63. The van der Waals surface area contributed by atoms with Crippen molar-refractivity contribution in [2.75, 3.05) is 13.1 Å². The maximum Gasteiger partial charge on any atom is 0.270 e. The smallest absolute Gasteiger partial charge is 0.270 e. The summed E-state index contributed by atoms with van der Waals surface area (Å²) in [4.78, 5) is 17.3. The molecule has 2 aromatic heterocycles. The Labute approximate surface area is 147 Å². The second-order valence-electron chi connectivity index (χ2n) is 6.63. The van der Waals surface area contributed by atoms with Crippen LogP contribution in [-0.2, 0) is 6.42 Å². The van der Waals surface area contributed by atoms with E-state index in [1.165, 1.54) is 5.56 Å². The molecule has 1 amide bonds. The molecule has 1 aliphatic heterocycles.